The third-order valence-corrected chi connectivity index (χ3v) is 4.89. The van der Waals surface area contributed by atoms with Crippen LogP contribution in [-0.4, -0.2) is 49.1 Å². The highest BCUT2D eigenvalue weighted by molar-refractivity contribution is 5.90. The van der Waals surface area contributed by atoms with Gasteiger partial charge in [-0.2, -0.15) is 0 Å². The monoisotopic (exact) mass is 383 g/mol. The molecule has 0 unspecified atom stereocenters. The van der Waals surface area contributed by atoms with Crippen LogP contribution in [0, 0.1) is 0 Å². The van der Waals surface area contributed by atoms with Gasteiger partial charge in [-0.05, 0) is 42.8 Å². The number of anilines is 1. The topological polar surface area (TPSA) is 44.8 Å². The zero-order valence-corrected chi connectivity index (χ0v) is 17.6. The van der Waals surface area contributed by atoms with Crippen molar-refractivity contribution in [3.8, 4) is 5.75 Å². The lowest BCUT2D eigenvalue weighted by Gasteiger charge is -2.21. The zero-order chi connectivity index (χ0) is 20.4. The molecule has 0 fully saturated rings. The number of nitrogens with one attached hydrogen (secondary N) is 1. The summed E-state index contributed by atoms with van der Waals surface area (Å²) in [5.41, 5.74) is 3.10. The smallest absolute Gasteiger partial charge is 0.321 e. The molecule has 2 rings (SSSR count). The lowest BCUT2D eigenvalue weighted by atomic mass is 10.1. The Hall–Kier alpha value is -2.53. The van der Waals surface area contributed by atoms with Crippen LogP contribution in [0.25, 0.3) is 0 Å². The average molecular weight is 384 g/mol. The van der Waals surface area contributed by atoms with E-state index in [9.17, 15) is 4.79 Å². The highest BCUT2D eigenvalue weighted by atomic mass is 16.5. The Kier molecular flexibility index (Phi) is 8.82. The molecular formula is C23H33N3O2. The molecule has 0 aromatic heterocycles. The van der Waals surface area contributed by atoms with Gasteiger partial charge >= 0.3 is 6.03 Å². The van der Waals surface area contributed by atoms with Gasteiger partial charge in [0.15, 0.2) is 0 Å². The molecule has 2 amide bonds. The molecule has 0 radical (unpaired) electrons. The van der Waals surface area contributed by atoms with Crippen LogP contribution in [0.3, 0.4) is 0 Å². The minimum atomic E-state index is -0.153. The van der Waals surface area contributed by atoms with E-state index in [0.29, 0.717) is 24.6 Å². The van der Waals surface area contributed by atoms with Gasteiger partial charge in [0.1, 0.15) is 12.4 Å². The Bertz CT molecular complexity index is 727. The third-order valence-electron chi connectivity index (χ3n) is 4.89. The quantitative estimate of drug-likeness (QED) is 0.650. The van der Waals surface area contributed by atoms with Gasteiger partial charge in [-0.3, -0.25) is 0 Å². The Morgan fingerprint density at radius 1 is 0.964 bits per heavy atom. The van der Waals surface area contributed by atoms with Crippen molar-refractivity contribution in [1.29, 1.82) is 0 Å². The second-order valence-corrected chi connectivity index (χ2v) is 6.83. The number of likely N-dealkylation sites (N-methyl/N-ethyl adjacent to an activating group) is 1. The number of urea groups is 1. The molecule has 0 saturated heterocycles. The van der Waals surface area contributed by atoms with E-state index in [1.165, 1.54) is 5.56 Å². The van der Waals surface area contributed by atoms with Crippen molar-refractivity contribution < 1.29 is 9.53 Å². The summed E-state index contributed by atoms with van der Waals surface area (Å²) in [6.07, 6.45) is 1.02. The number of aryl methyl sites for hydroxylation is 1. The number of rotatable bonds is 10. The Labute approximate surface area is 169 Å². The summed E-state index contributed by atoms with van der Waals surface area (Å²) in [6, 6.07) is 15.8. The number of carbonyl (C=O) groups excluding carboxylic acids is 1. The summed E-state index contributed by atoms with van der Waals surface area (Å²) in [6.45, 7) is 10.4. The molecule has 0 bridgehead atoms. The van der Waals surface area contributed by atoms with Crippen molar-refractivity contribution in [2.45, 2.75) is 33.7 Å². The minimum absolute atomic E-state index is 0.153. The fraction of sp³-hybridized carbons (Fsp3) is 0.435. The summed E-state index contributed by atoms with van der Waals surface area (Å²) < 4.78 is 5.92. The maximum absolute atomic E-state index is 12.6. The molecule has 152 valence electrons. The normalized spacial score (nSPS) is 10.8. The van der Waals surface area contributed by atoms with Crippen molar-refractivity contribution in [3.63, 3.8) is 0 Å². The van der Waals surface area contributed by atoms with Gasteiger partial charge in [0.05, 0.1) is 5.69 Å². The highest BCUT2D eigenvalue weighted by Gasteiger charge is 2.12. The first-order valence-electron chi connectivity index (χ1n) is 10.1. The molecule has 0 spiro atoms. The molecule has 0 heterocycles. The SMILES string of the molecule is CCc1ccc(CN(C)C(=O)Nc2ccccc2OCCN(CC)CC)cc1. The Morgan fingerprint density at radius 2 is 1.61 bits per heavy atom. The van der Waals surface area contributed by atoms with Crippen LogP contribution in [-0.2, 0) is 13.0 Å². The Balaban J connectivity index is 1.93. The van der Waals surface area contributed by atoms with E-state index in [-0.39, 0.29) is 6.03 Å². The van der Waals surface area contributed by atoms with Gasteiger partial charge in [-0.15, -0.1) is 0 Å². The number of hydrogen-bond donors (Lipinski definition) is 1. The fourth-order valence-electron chi connectivity index (χ4n) is 2.96. The summed E-state index contributed by atoms with van der Waals surface area (Å²) in [4.78, 5) is 16.6. The number of hydrogen-bond acceptors (Lipinski definition) is 3. The standard InChI is InChI=1S/C23H33N3O2/c1-5-19-12-14-20(15-13-19)18-25(4)23(27)24-21-10-8-9-11-22(21)28-17-16-26(6-2)7-3/h8-15H,5-7,16-18H2,1-4H3,(H,24,27). The van der Waals surface area contributed by atoms with Crippen LogP contribution in [0.15, 0.2) is 48.5 Å². The van der Waals surface area contributed by atoms with Crippen molar-refractivity contribution >= 4 is 11.7 Å². The number of carbonyl (C=O) groups is 1. The molecular weight excluding hydrogens is 350 g/mol. The van der Waals surface area contributed by atoms with E-state index in [2.05, 4.69) is 55.3 Å². The summed E-state index contributed by atoms with van der Waals surface area (Å²) in [7, 11) is 1.80. The molecule has 0 aliphatic heterocycles. The van der Waals surface area contributed by atoms with Crippen LogP contribution in [0.1, 0.15) is 31.9 Å². The van der Waals surface area contributed by atoms with Crippen molar-refractivity contribution in [2.75, 3.05) is 38.6 Å². The first kappa shape index (κ1) is 21.8. The fourth-order valence-corrected chi connectivity index (χ4v) is 2.96. The van der Waals surface area contributed by atoms with Crippen molar-refractivity contribution in [3.05, 3.63) is 59.7 Å². The van der Waals surface area contributed by atoms with E-state index in [1.54, 1.807) is 11.9 Å². The predicted molar refractivity (Wildman–Crippen MR) is 116 cm³/mol. The van der Waals surface area contributed by atoms with Crippen LogP contribution in [0.5, 0.6) is 5.75 Å². The number of amides is 2. The second kappa shape index (κ2) is 11.3. The molecule has 0 aliphatic rings. The van der Waals surface area contributed by atoms with Gasteiger partial charge in [-0.1, -0.05) is 57.2 Å². The zero-order valence-electron chi connectivity index (χ0n) is 17.6. The molecule has 0 atom stereocenters. The molecule has 0 saturated carbocycles. The summed E-state index contributed by atoms with van der Waals surface area (Å²) >= 11 is 0. The lowest BCUT2D eigenvalue weighted by molar-refractivity contribution is 0.218. The van der Waals surface area contributed by atoms with Gasteiger partial charge in [0.2, 0.25) is 0 Å². The van der Waals surface area contributed by atoms with E-state index in [1.807, 2.05) is 24.3 Å². The van der Waals surface area contributed by atoms with E-state index in [4.69, 9.17) is 4.74 Å². The Morgan fingerprint density at radius 3 is 2.25 bits per heavy atom. The second-order valence-electron chi connectivity index (χ2n) is 6.83. The minimum Gasteiger partial charge on any atom is -0.490 e. The van der Waals surface area contributed by atoms with Crippen LogP contribution in [0.4, 0.5) is 10.5 Å². The largest absolute Gasteiger partial charge is 0.490 e. The van der Waals surface area contributed by atoms with E-state index >= 15 is 0 Å². The number of benzene rings is 2. The average Bonchev–Trinajstić information content (AvgIpc) is 2.72. The molecule has 0 aliphatic carbocycles. The predicted octanol–water partition coefficient (Wildman–Crippen LogP) is 4.63. The number of nitrogens with zero attached hydrogens (tertiary/aromatic N) is 2. The first-order chi connectivity index (χ1) is 13.6. The van der Waals surface area contributed by atoms with Crippen LogP contribution < -0.4 is 10.1 Å². The highest BCUT2D eigenvalue weighted by Crippen LogP contribution is 2.24. The molecule has 2 aromatic rings. The van der Waals surface area contributed by atoms with Crippen LogP contribution >= 0.6 is 0 Å². The first-order valence-corrected chi connectivity index (χ1v) is 10.1. The van der Waals surface area contributed by atoms with Gasteiger partial charge in [0.25, 0.3) is 0 Å². The summed E-state index contributed by atoms with van der Waals surface area (Å²) in [5.74, 6) is 0.698. The van der Waals surface area contributed by atoms with Gasteiger partial charge < -0.3 is 19.9 Å². The summed E-state index contributed by atoms with van der Waals surface area (Å²) in [5, 5.41) is 2.97. The van der Waals surface area contributed by atoms with Crippen molar-refractivity contribution in [1.82, 2.24) is 9.80 Å². The molecule has 2 aromatic carbocycles. The molecule has 1 N–H and O–H groups in total. The molecule has 5 heteroatoms. The lowest BCUT2D eigenvalue weighted by Crippen LogP contribution is -2.31. The molecule has 5 nitrogen and oxygen atoms in total. The third kappa shape index (κ3) is 6.57. The number of para-hydroxylation sites is 2. The van der Waals surface area contributed by atoms with E-state index in [0.717, 1.165) is 31.6 Å². The van der Waals surface area contributed by atoms with Gasteiger partial charge in [-0.25, -0.2) is 4.79 Å². The van der Waals surface area contributed by atoms with Crippen LogP contribution in [0.2, 0.25) is 0 Å². The maximum atomic E-state index is 12.6. The van der Waals surface area contributed by atoms with Gasteiger partial charge in [0, 0.05) is 20.1 Å². The number of ether oxygens (including phenoxy) is 1. The van der Waals surface area contributed by atoms with E-state index < -0.39 is 0 Å². The molecule has 28 heavy (non-hydrogen) atoms. The van der Waals surface area contributed by atoms with Crippen molar-refractivity contribution in [2.24, 2.45) is 0 Å². The maximum Gasteiger partial charge on any atom is 0.321 e.